The van der Waals surface area contributed by atoms with Crippen LogP contribution in [0.4, 0.5) is 5.69 Å². The maximum absolute atomic E-state index is 6.07. The Kier molecular flexibility index (Phi) is 3.65. The zero-order chi connectivity index (χ0) is 14.8. The Hall–Kier alpha value is -2.29. The van der Waals surface area contributed by atoms with Crippen molar-refractivity contribution in [2.24, 2.45) is 0 Å². The molecular weight excluding hydrogens is 258 g/mol. The van der Waals surface area contributed by atoms with Crippen molar-refractivity contribution < 1.29 is 0 Å². The number of rotatable bonds is 4. The topological polar surface area (TPSA) is 43.8 Å². The second-order valence-corrected chi connectivity index (χ2v) is 5.50. The number of aryl methyl sites for hydroxylation is 2. The summed E-state index contributed by atoms with van der Waals surface area (Å²) in [6, 6.07) is 14.5. The van der Waals surface area contributed by atoms with Crippen LogP contribution in [0, 0.1) is 6.92 Å². The summed E-state index contributed by atoms with van der Waals surface area (Å²) in [5.74, 6) is 1.01. The summed E-state index contributed by atoms with van der Waals surface area (Å²) in [7, 11) is 0. The number of nitrogens with two attached hydrogens (primary N) is 1. The van der Waals surface area contributed by atoms with Crippen molar-refractivity contribution >= 4 is 16.7 Å². The van der Waals surface area contributed by atoms with Crippen LogP contribution in [-0.4, -0.2) is 9.55 Å². The highest BCUT2D eigenvalue weighted by Crippen LogP contribution is 2.27. The van der Waals surface area contributed by atoms with Gasteiger partial charge in [-0.3, -0.25) is 0 Å². The molecular formula is C18H21N3. The minimum absolute atomic E-state index is 0.821. The van der Waals surface area contributed by atoms with Crippen LogP contribution in [0.25, 0.3) is 22.4 Å². The fourth-order valence-electron chi connectivity index (χ4n) is 2.62. The molecule has 0 saturated carbocycles. The molecule has 0 aliphatic heterocycles. The molecule has 0 fully saturated rings. The van der Waals surface area contributed by atoms with Crippen molar-refractivity contribution in [2.75, 3.05) is 5.73 Å². The number of nitrogen functional groups attached to an aromatic ring is 1. The number of hydrogen-bond acceptors (Lipinski definition) is 2. The summed E-state index contributed by atoms with van der Waals surface area (Å²) in [4.78, 5) is 4.81. The lowest BCUT2D eigenvalue weighted by molar-refractivity contribution is 0.651. The number of hydrogen-bond donors (Lipinski definition) is 1. The van der Waals surface area contributed by atoms with Crippen LogP contribution in [0.2, 0.25) is 0 Å². The minimum atomic E-state index is 0.821. The first-order valence-electron chi connectivity index (χ1n) is 7.52. The first kappa shape index (κ1) is 13.7. The minimum Gasteiger partial charge on any atom is -0.398 e. The van der Waals surface area contributed by atoms with E-state index in [9.17, 15) is 0 Å². The van der Waals surface area contributed by atoms with Gasteiger partial charge in [-0.15, -0.1) is 0 Å². The summed E-state index contributed by atoms with van der Waals surface area (Å²) in [6.45, 7) is 5.22. The van der Waals surface area contributed by atoms with Gasteiger partial charge >= 0.3 is 0 Å². The van der Waals surface area contributed by atoms with Crippen LogP contribution in [0.3, 0.4) is 0 Å². The Bertz CT molecular complexity index is 771. The number of benzene rings is 2. The molecule has 0 unspecified atom stereocenters. The first-order chi connectivity index (χ1) is 10.2. The van der Waals surface area contributed by atoms with Crippen molar-refractivity contribution in [1.82, 2.24) is 9.55 Å². The van der Waals surface area contributed by atoms with Gasteiger partial charge in [-0.25, -0.2) is 4.98 Å². The zero-order valence-corrected chi connectivity index (χ0v) is 12.6. The Morgan fingerprint density at radius 2 is 1.95 bits per heavy atom. The van der Waals surface area contributed by atoms with E-state index in [1.807, 2.05) is 19.1 Å². The van der Waals surface area contributed by atoms with E-state index >= 15 is 0 Å². The fraction of sp³-hybridized carbons (Fsp3) is 0.278. The molecule has 0 amide bonds. The Morgan fingerprint density at radius 3 is 2.71 bits per heavy atom. The van der Waals surface area contributed by atoms with Crippen LogP contribution in [-0.2, 0) is 6.54 Å². The highest BCUT2D eigenvalue weighted by molar-refractivity contribution is 5.81. The lowest BCUT2D eigenvalue weighted by Gasteiger charge is -2.10. The lowest BCUT2D eigenvalue weighted by Crippen LogP contribution is -2.01. The summed E-state index contributed by atoms with van der Waals surface area (Å²) in [5, 5.41) is 0. The number of fused-ring (bicyclic) bond motifs is 1. The molecule has 108 valence electrons. The Morgan fingerprint density at radius 1 is 1.14 bits per heavy atom. The highest BCUT2D eigenvalue weighted by atomic mass is 15.1. The van der Waals surface area contributed by atoms with Crippen LogP contribution >= 0.6 is 0 Å². The molecule has 1 aromatic heterocycles. The van der Waals surface area contributed by atoms with Gasteiger partial charge in [0.25, 0.3) is 0 Å². The first-order valence-corrected chi connectivity index (χ1v) is 7.52. The van der Waals surface area contributed by atoms with Crippen LogP contribution in [0.5, 0.6) is 0 Å². The predicted octanol–water partition coefficient (Wildman–Crippen LogP) is 4.39. The molecule has 0 spiro atoms. The third-order valence-corrected chi connectivity index (χ3v) is 3.93. The van der Waals surface area contributed by atoms with Crippen molar-refractivity contribution in [3.05, 3.63) is 48.0 Å². The molecule has 1 heterocycles. The normalized spacial score (nSPS) is 11.1. The SMILES string of the molecule is CCCCn1c(-c2ccc(C)c(N)c2)nc2ccccc21. The van der Waals surface area contributed by atoms with Crippen LogP contribution in [0.15, 0.2) is 42.5 Å². The predicted molar refractivity (Wildman–Crippen MR) is 89.2 cm³/mol. The van der Waals surface area contributed by atoms with Gasteiger partial charge in [0.2, 0.25) is 0 Å². The monoisotopic (exact) mass is 279 g/mol. The van der Waals surface area contributed by atoms with E-state index in [1.54, 1.807) is 0 Å². The summed E-state index contributed by atoms with van der Waals surface area (Å²) in [6.07, 6.45) is 2.32. The molecule has 2 aromatic carbocycles. The summed E-state index contributed by atoms with van der Waals surface area (Å²) >= 11 is 0. The van der Waals surface area contributed by atoms with E-state index in [4.69, 9.17) is 10.7 Å². The van der Waals surface area contributed by atoms with Gasteiger partial charge in [0.05, 0.1) is 11.0 Å². The largest absolute Gasteiger partial charge is 0.398 e. The molecule has 0 bridgehead atoms. The third kappa shape index (κ3) is 2.51. The van der Waals surface area contributed by atoms with Crippen LogP contribution in [0.1, 0.15) is 25.3 Å². The Balaban J connectivity index is 2.17. The van der Waals surface area contributed by atoms with Gasteiger partial charge in [-0.1, -0.05) is 37.6 Å². The number of imidazole rings is 1. The van der Waals surface area contributed by atoms with Gasteiger partial charge in [-0.2, -0.15) is 0 Å². The summed E-state index contributed by atoms with van der Waals surface area (Å²) in [5.41, 5.74) is 11.3. The lowest BCUT2D eigenvalue weighted by atomic mass is 10.1. The Labute approximate surface area is 125 Å². The van der Waals surface area contributed by atoms with Gasteiger partial charge in [0.1, 0.15) is 5.82 Å². The van der Waals surface area contributed by atoms with Crippen molar-refractivity contribution in [1.29, 1.82) is 0 Å². The molecule has 3 nitrogen and oxygen atoms in total. The van der Waals surface area contributed by atoms with E-state index in [0.717, 1.165) is 41.1 Å². The molecule has 0 aliphatic carbocycles. The van der Waals surface area contributed by atoms with E-state index in [2.05, 4.69) is 41.8 Å². The molecule has 2 N–H and O–H groups in total. The number of aromatic nitrogens is 2. The highest BCUT2D eigenvalue weighted by Gasteiger charge is 2.12. The van der Waals surface area contributed by atoms with E-state index in [-0.39, 0.29) is 0 Å². The van der Waals surface area contributed by atoms with Crippen LogP contribution < -0.4 is 5.73 Å². The summed E-state index contributed by atoms with van der Waals surface area (Å²) < 4.78 is 2.31. The second kappa shape index (κ2) is 5.60. The quantitative estimate of drug-likeness (QED) is 0.720. The fourth-order valence-corrected chi connectivity index (χ4v) is 2.62. The van der Waals surface area contributed by atoms with E-state index < -0.39 is 0 Å². The molecule has 21 heavy (non-hydrogen) atoms. The van der Waals surface area contributed by atoms with E-state index in [0.29, 0.717) is 0 Å². The maximum atomic E-state index is 6.07. The van der Waals surface area contributed by atoms with Gasteiger partial charge in [0.15, 0.2) is 0 Å². The van der Waals surface area contributed by atoms with Gasteiger partial charge < -0.3 is 10.3 Å². The van der Waals surface area contributed by atoms with Crippen molar-refractivity contribution in [3.8, 4) is 11.4 Å². The average Bonchev–Trinajstić information content (AvgIpc) is 2.86. The molecule has 3 aromatic rings. The average molecular weight is 279 g/mol. The second-order valence-electron chi connectivity index (χ2n) is 5.50. The maximum Gasteiger partial charge on any atom is 0.141 e. The zero-order valence-electron chi connectivity index (χ0n) is 12.6. The number of nitrogens with zero attached hydrogens (tertiary/aromatic N) is 2. The van der Waals surface area contributed by atoms with E-state index in [1.165, 1.54) is 11.9 Å². The molecule has 3 rings (SSSR count). The molecule has 3 heteroatoms. The molecule has 0 saturated heterocycles. The van der Waals surface area contributed by atoms with Gasteiger partial charge in [-0.05, 0) is 37.1 Å². The smallest absolute Gasteiger partial charge is 0.141 e. The molecule has 0 radical (unpaired) electrons. The molecule has 0 aliphatic rings. The number of unbranched alkanes of at least 4 members (excludes halogenated alkanes) is 1. The third-order valence-electron chi connectivity index (χ3n) is 3.93. The van der Waals surface area contributed by atoms with Crippen molar-refractivity contribution in [3.63, 3.8) is 0 Å². The number of anilines is 1. The number of para-hydroxylation sites is 2. The standard InChI is InChI=1S/C18H21N3/c1-3-4-11-21-17-8-6-5-7-16(17)20-18(21)14-10-9-13(2)15(19)12-14/h5-10,12H,3-4,11,19H2,1-2H3. The van der Waals surface area contributed by atoms with Crippen molar-refractivity contribution in [2.45, 2.75) is 33.2 Å². The molecule has 0 atom stereocenters. The van der Waals surface area contributed by atoms with Gasteiger partial charge in [0, 0.05) is 17.8 Å².